The molecule has 0 aromatic carbocycles. The van der Waals surface area contributed by atoms with Gasteiger partial charge in [0.15, 0.2) is 0 Å². The first kappa shape index (κ1) is 11.5. The van der Waals surface area contributed by atoms with Gasteiger partial charge in [-0.1, -0.05) is 32.9 Å². The Morgan fingerprint density at radius 2 is 1.92 bits per heavy atom. The summed E-state index contributed by atoms with van der Waals surface area (Å²) in [5.74, 6) is 0. The standard InChI is InChI=1S/C10H12Br2S/c1-10(2,3)5-4-7-6-8(11)13-9(7)12/h4-6H,1-3H3/b5-4+. The average molecular weight is 324 g/mol. The van der Waals surface area contributed by atoms with E-state index in [0.29, 0.717) is 0 Å². The second-order valence-corrected chi connectivity index (χ2v) is 7.73. The summed E-state index contributed by atoms with van der Waals surface area (Å²) in [6, 6.07) is 2.12. The smallest absolute Gasteiger partial charge is 0.0782 e. The summed E-state index contributed by atoms with van der Waals surface area (Å²) < 4.78 is 2.34. The second kappa shape index (κ2) is 4.28. The number of hydrogen-bond acceptors (Lipinski definition) is 1. The van der Waals surface area contributed by atoms with E-state index in [2.05, 4.69) is 70.8 Å². The Morgan fingerprint density at radius 1 is 1.31 bits per heavy atom. The van der Waals surface area contributed by atoms with Crippen LogP contribution in [-0.4, -0.2) is 0 Å². The van der Waals surface area contributed by atoms with Crippen molar-refractivity contribution in [2.75, 3.05) is 0 Å². The lowest BCUT2D eigenvalue weighted by atomic mass is 9.96. The molecule has 0 aliphatic rings. The summed E-state index contributed by atoms with van der Waals surface area (Å²) in [4.78, 5) is 0. The molecule has 0 unspecified atom stereocenters. The number of rotatable bonds is 1. The third kappa shape index (κ3) is 3.96. The highest BCUT2D eigenvalue weighted by Crippen LogP contribution is 2.33. The minimum Gasteiger partial charge on any atom is -0.121 e. The first-order valence-corrected chi connectivity index (χ1v) is 6.43. The van der Waals surface area contributed by atoms with E-state index in [9.17, 15) is 0 Å². The third-order valence-electron chi connectivity index (χ3n) is 1.45. The average Bonchev–Trinajstić information content (AvgIpc) is 2.24. The summed E-state index contributed by atoms with van der Waals surface area (Å²) in [6.07, 6.45) is 4.37. The van der Waals surface area contributed by atoms with Gasteiger partial charge >= 0.3 is 0 Å². The van der Waals surface area contributed by atoms with Crippen molar-refractivity contribution < 1.29 is 0 Å². The quantitative estimate of drug-likeness (QED) is 0.655. The Hall–Kier alpha value is 0.400. The van der Waals surface area contributed by atoms with Gasteiger partial charge in [0, 0.05) is 5.56 Å². The summed E-state index contributed by atoms with van der Waals surface area (Å²) in [6.45, 7) is 6.58. The zero-order valence-electron chi connectivity index (χ0n) is 7.90. The largest absolute Gasteiger partial charge is 0.121 e. The van der Waals surface area contributed by atoms with Crippen LogP contribution in [0.5, 0.6) is 0 Å². The molecule has 0 N–H and O–H groups in total. The van der Waals surface area contributed by atoms with Gasteiger partial charge in [-0.25, -0.2) is 0 Å². The van der Waals surface area contributed by atoms with E-state index in [1.165, 1.54) is 9.35 Å². The number of thiophene rings is 1. The Labute approximate surface area is 100 Å². The lowest BCUT2D eigenvalue weighted by Gasteiger charge is -2.10. The first-order valence-electron chi connectivity index (χ1n) is 4.02. The highest BCUT2D eigenvalue weighted by Gasteiger charge is 2.06. The van der Waals surface area contributed by atoms with E-state index in [-0.39, 0.29) is 5.41 Å². The molecule has 0 atom stereocenters. The van der Waals surface area contributed by atoms with Crippen molar-refractivity contribution in [1.29, 1.82) is 0 Å². The van der Waals surface area contributed by atoms with Crippen molar-refractivity contribution in [1.82, 2.24) is 0 Å². The Bertz CT molecular complexity index is 318. The predicted octanol–water partition coefficient (Wildman–Crippen LogP) is 5.33. The van der Waals surface area contributed by atoms with E-state index in [0.717, 1.165) is 3.79 Å². The maximum Gasteiger partial charge on any atom is 0.0782 e. The van der Waals surface area contributed by atoms with Crippen molar-refractivity contribution in [3.05, 3.63) is 25.3 Å². The summed E-state index contributed by atoms with van der Waals surface area (Å²) in [5.41, 5.74) is 1.49. The van der Waals surface area contributed by atoms with Crippen molar-refractivity contribution in [3.63, 3.8) is 0 Å². The summed E-state index contributed by atoms with van der Waals surface area (Å²) in [7, 11) is 0. The second-order valence-electron chi connectivity index (χ2n) is 3.98. The molecule has 1 heterocycles. The minimum absolute atomic E-state index is 0.244. The van der Waals surface area contributed by atoms with Gasteiger partial charge in [0.25, 0.3) is 0 Å². The number of hydrogen-bond donors (Lipinski definition) is 0. The SMILES string of the molecule is CC(C)(C)/C=C/c1cc(Br)sc1Br. The fourth-order valence-electron chi connectivity index (χ4n) is 0.806. The normalized spacial score (nSPS) is 12.7. The van der Waals surface area contributed by atoms with Gasteiger partial charge in [-0.2, -0.15) is 0 Å². The maximum atomic E-state index is 3.52. The van der Waals surface area contributed by atoms with E-state index >= 15 is 0 Å². The fraction of sp³-hybridized carbons (Fsp3) is 0.400. The van der Waals surface area contributed by atoms with Crippen LogP contribution in [-0.2, 0) is 0 Å². The zero-order valence-corrected chi connectivity index (χ0v) is 11.9. The molecule has 0 aliphatic heterocycles. The number of halogens is 2. The molecule has 0 spiro atoms. The molecule has 72 valence electrons. The summed E-state index contributed by atoms with van der Waals surface area (Å²) >= 11 is 8.68. The van der Waals surface area contributed by atoms with Crippen LogP contribution in [0.15, 0.2) is 19.7 Å². The van der Waals surface area contributed by atoms with Crippen LogP contribution in [0.1, 0.15) is 26.3 Å². The van der Waals surface area contributed by atoms with Crippen LogP contribution >= 0.6 is 43.2 Å². The highest BCUT2D eigenvalue weighted by molar-refractivity contribution is 9.12. The monoisotopic (exact) mass is 322 g/mol. The van der Waals surface area contributed by atoms with Gasteiger partial charge in [-0.3, -0.25) is 0 Å². The first-order chi connectivity index (χ1) is 5.88. The number of allylic oxidation sites excluding steroid dienone is 1. The molecule has 0 nitrogen and oxygen atoms in total. The third-order valence-corrected chi connectivity index (χ3v) is 3.83. The predicted molar refractivity (Wildman–Crippen MR) is 68.2 cm³/mol. The molecule has 0 fully saturated rings. The van der Waals surface area contributed by atoms with Gasteiger partial charge in [-0.15, -0.1) is 11.3 Å². The van der Waals surface area contributed by atoms with E-state index in [4.69, 9.17) is 0 Å². The molecule has 3 heteroatoms. The molecule has 0 radical (unpaired) electrons. The molecule has 13 heavy (non-hydrogen) atoms. The molecule has 0 saturated heterocycles. The van der Waals surface area contributed by atoms with E-state index < -0.39 is 0 Å². The Balaban J connectivity index is 2.86. The topological polar surface area (TPSA) is 0 Å². The van der Waals surface area contributed by atoms with Gasteiger partial charge < -0.3 is 0 Å². The lowest BCUT2D eigenvalue weighted by Crippen LogP contribution is -1.97. The van der Waals surface area contributed by atoms with Crippen molar-refractivity contribution in [2.45, 2.75) is 20.8 Å². The molecule has 0 saturated carbocycles. The van der Waals surface area contributed by atoms with Crippen LogP contribution in [0.2, 0.25) is 0 Å². The highest BCUT2D eigenvalue weighted by atomic mass is 79.9. The molecule has 0 aliphatic carbocycles. The van der Waals surface area contributed by atoms with Crippen LogP contribution < -0.4 is 0 Å². The van der Waals surface area contributed by atoms with Gasteiger partial charge in [-0.05, 0) is 43.3 Å². The van der Waals surface area contributed by atoms with Crippen molar-refractivity contribution >= 4 is 49.3 Å². The summed E-state index contributed by atoms with van der Waals surface area (Å²) in [5, 5.41) is 0. The molecule has 1 aromatic heterocycles. The van der Waals surface area contributed by atoms with Crippen molar-refractivity contribution in [3.8, 4) is 0 Å². The Morgan fingerprint density at radius 3 is 2.31 bits per heavy atom. The van der Waals surface area contributed by atoms with Crippen LogP contribution in [0.3, 0.4) is 0 Å². The molecule has 1 rings (SSSR count). The molecule has 0 bridgehead atoms. The molecule has 0 amide bonds. The van der Waals surface area contributed by atoms with Crippen LogP contribution in [0, 0.1) is 5.41 Å². The van der Waals surface area contributed by atoms with Crippen LogP contribution in [0.4, 0.5) is 0 Å². The zero-order chi connectivity index (χ0) is 10.1. The van der Waals surface area contributed by atoms with Gasteiger partial charge in [0.2, 0.25) is 0 Å². The Kier molecular flexibility index (Phi) is 3.78. The molecule has 1 aromatic rings. The minimum atomic E-state index is 0.244. The molecular weight excluding hydrogens is 312 g/mol. The maximum absolute atomic E-state index is 3.52. The molecular formula is C10H12Br2S. The lowest BCUT2D eigenvalue weighted by molar-refractivity contribution is 0.547. The van der Waals surface area contributed by atoms with Gasteiger partial charge in [0.1, 0.15) is 0 Å². The van der Waals surface area contributed by atoms with E-state index in [1.54, 1.807) is 11.3 Å². The van der Waals surface area contributed by atoms with Gasteiger partial charge in [0.05, 0.1) is 7.57 Å². The van der Waals surface area contributed by atoms with E-state index in [1.807, 2.05) is 0 Å². The van der Waals surface area contributed by atoms with Crippen LogP contribution in [0.25, 0.3) is 6.08 Å². The fourth-order valence-corrected chi connectivity index (χ4v) is 3.56. The van der Waals surface area contributed by atoms with Crippen molar-refractivity contribution in [2.24, 2.45) is 5.41 Å².